The standard InChI is InChI=1S/C23H20F5N5O4/c1-2-11(6-23(26,27)28)30-22(37)14-10-33(19-15(24)7-29-8-16(19)25)21-13(20(14)36)3-4-17(31-21)32-9-12(34)5-18(32)35/h3-4,7-8,10-12,34H,2,5-6,9H2,1H3,(H,30,37)/t11-,12-/m0/s1. The zero-order chi connectivity index (χ0) is 27.1. The molecule has 0 aromatic carbocycles. The van der Waals surface area contributed by atoms with E-state index in [1.165, 1.54) is 19.1 Å². The second-order valence-corrected chi connectivity index (χ2v) is 8.49. The maximum Gasteiger partial charge on any atom is 0.391 e. The number of β-amino-alcohol motifs (C(OH)–C–C–N with tert-alkyl or cyclic N) is 1. The van der Waals surface area contributed by atoms with Crippen LogP contribution in [0.5, 0.6) is 0 Å². The fourth-order valence-electron chi connectivity index (χ4n) is 4.06. The van der Waals surface area contributed by atoms with E-state index in [0.717, 1.165) is 15.7 Å². The number of halogens is 5. The average Bonchev–Trinajstić information content (AvgIpc) is 3.16. The summed E-state index contributed by atoms with van der Waals surface area (Å²) in [5.74, 6) is -4.03. The van der Waals surface area contributed by atoms with E-state index in [1.807, 2.05) is 0 Å². The van der Waals surface area contributed by atoms with Gasteiger partial charge in [-0.25, -0.2) is 13.8 Å². The molecule has 0 radical (unpaired) electrons. The van der Waals surface area contributed by atoms with Crippen molar-refractivity contribution in [2.75, 3.05) is 11.4 Å². The Morgan fingerprint density at radius 3 is 2.46 bits per heavy atom. The number of amides is 2. The molecule has 14 heteroatoms. The van der Waals surface area contributed by atoms with Crippen LogP contribution >= 0.6 is 0 Å². The monoisotopic (exact) mass is 525 g/mol. The van der Waals surface area contributed by atoms with Crippen molar-refractivity contribution in [1.82, 2.24) is 19.9 Å². The van der Waals surface area contributed by atoms with Crippen molar-refractivity contribution in [3.63, 3.8) is 0 Å². The fourth-order valence-corrected chi connectivity index (χ4v) is 4.06. The van der Waals surface area contributed by atoms with E-state index in [2.05, 4.69) is 15.3 Å². The zero-order valence-electron chi connectivity index (χ0n) is 19.2. The third-order valence-electron chi connectivity index (χ3n) is 5.84. The number of rotatable bonds is 6. The number of alkyl halides is 3. The third kappa shape index (κ3) is 5.28. The largest absolute Gasteiger partial charge is 0.391 e. The van der Waals surface area contributed by atoms with Crippen LogP contribution in [0.25, 0.3) is 16.7 Å². The van der Waals surface area contributed by atoms with E-state index in [-0.39, 0.29) is 36.2 Å². The number of carbonyl (C=O) groups excluding carboxylic acids is 2. The summed E-state index contributed by atoms with van der Waals surface area (Å²) in [5.41, 5.74) is -2.72. The summed E-state index contributed by atoms with van der Waals surface area (Å²) in [5, 5.41) is 11.6. The Hall–Kier alpha value is -3.94. The Bertz CT molecular complexity index is 1420. The lowest BCUT2D eigenvalue weighted by molar-refractivity contribution is -0.139. The molecule has 3 aromatic rings. The molecule has 0 unspecified atom stereocenters. The molecule has 0 bridgehead atoms. The highest BCUT2D eigenvalue weighted by molar-refractivity contribution is 5.99. The number of anilines is 1. The molecule has 0 saturated carbocycles. The van der Waals surface area contributed by atoms with Gasteiger partial charge in [-0.15, -0.1) is 0 Å². The lowest BCUT2D eigenvalue weighted by atomic mass is 10.1. The van der Waals surface area contributed by atoms with Crippen LogP contribution in [0.4, 0.5) is 27.8 Å². The SMILES string of the molecule is CC[C@@H](CC(F)(F)F)NC(=O)c1cn(-c2c(F)cncc2F)c2nc(N3C[C@@H](O)CC3=O)ccc2c1=O. The van der Waals surface area contributed by atoms with Gasteiger partial charge in [0.1, 0.15) is 17.1 Å². The molecule has 0 aliphatic carbocycles. The lowest BCUT2D eigenvalue weighted by Gasteiger charge is -2.20. The molecule has 37 heavy (non-hydrogen) atoms. The second kappa shape index (κ2) is 9.84. The summed E-state index contributed by atoms with van der Waals surface area (Å²) in [6, 6.07) is 1.08. The van der Waals surface area contributed by atoms with E-state index in [0.29, 0.717) is 12.4 Å². The van der Waals surface area contributed by atoms with Gasteiger partial charge < -0.3 is 10.4 Å². The number of pyridine rings is 3. The van der Waals surface area contributed by atoms with Crippen molar-refractivity contribution in [3.8, 4) is 5.69 Å². The molecule has 1 aliphatic heterocycles. The van der Waals surface area contributed by atoms with Gasteiger partial charge in [0.15, 0.2) is 17.3 Å². The second-order valence-electron chi connectivity index (χ2n) is 8.49. The third-order valence-corrected chi connectivity index (χ3v) is 5.84. The summed E-state index contributed by atoms with van der Waals surface area (Å²) in [6.07, 6.45) is -5.01. The molecule has 2 atom stereocenters. The number of carbonyl (C=O) groups is 2. The maximum atomic E-state index is 14.7. The number of fused-ring (bicyclic) bond motifs is 1. The van der Waals surface area contributed by atoms with Gasteiger partial charge >= 0.3 is 6.18 Å². The quantitative estimate of drug-likeness (QED) is 0.478. The van der Waals surface area contributed by atoms with Crippen LogP contribution in [0.15, 0.2) is 35.5 Å². The smallest absolute Gasteiger partial charge is 0.391 e. The predicted octanol–water partition coefficient (Wildman–Crippen LogP) is 2.62. The minimum atomic E-state index is -4.58. The van der Waals surface area contributed by atoms with Crippen LogP contribution in [0.2, 0.25) is 0 Å². The molecule has 2 amide bonds. The molecule has 4 rings (SSSR count). The summed E-state index contributed by atoms with van der Waals surface area (Å²) in [7, 11) is 0. The van der Waals surface area contributed by atoms with E-state index < -0.39 is 64.9 Å². The number of aliphatic hydroxyl groups is 1. The van der Waals surface area contributed by atoms with Crippen LogP contribution in [-0.4, -0.2) is 56.3 Å². The summed E-state index contributed by atoms with van der Waals surface area (Å²) < 4.78 is 68.8. The highest BCUT2D eigenvalue weighted by Crippen LogP contribution is 2.26. The van der Waals surface area contributed by atoms with E-state index in [4.69, 9.17) is 0 Å². The van der Waals surface area contributed by atoms with Crippen LogP contribution in [0.3, 0.4) is 0 Å². The lowest BCUT2D eigenvalue weighted by Crippen LogP contribution is -2.40. The van der Waals surface area contributed by atoms with Gasteiger partial charge in [-0.2, -0.15) is 13.2 Å². The number of aromatic nitrogens is 3. The molecule has 0 spiro atoms. The zero-order valence-corrected chi connectivity index (χ0v) is 19.2. The van der Waals surface area contributed by atoms with Gasteiger partial charge in [-0.05, 0) is 18.6 Å². The molecule has 196 valence electrons. The number of hydrogen-bond acceptors (Lipinski definition) is 6. The van der Waals surface area contributed by atoms with E-state index >= 15 is 0 Å². The van der Waals surface area contributed by atoms with Gasteiger partial charge in [0.2, 0.25) is 11.3 Å². The molecular weight excluding hydrogens is 505 g/mol. The Morgan fingerprint density at radius 1 is 1.22 bits per heavy atom. The van der Waals surface area contributed by atoms with Gasteiger partial charge in [0.05, 0.1) is 43.3 Å². The van der Waals surface area contributed by atoms with Crippen LogP contribution in [0.1, 0.15) is 36.5 Å². The highest BCUT2D eigenvalue weighted by atomic mass is 19.4. The van der Waals surface area contributed by atoms with Gasteiger partial charge in [-0.3, -0.25) is 28.8 Å². The summed E-state index contributed by atoms with van der Waals surface area (Å²) in [6.45, 7) is 1.32. The number of nitrogens with one attached hydrogen (secondary N) is 1. The van der Waals surface area contributed by atoms with Crippen LogP contribution < -0.4 is 15.6 Å². The maximum absolute atomic E-state index is 14.7. The Balaban J connectivity index is 1.90. The summed E-state index contributed by atoms with van der Waals surface area (Å²) in [4.78, 5) is 47.0. The Labute approximate surface area is 205 Å². The first-order valence-electron chi connectivity index (χ1n) is 11.1. The highest BCUT2D eigenvalue weighted by Gasteiger charge is 2.33. The van der Waals surface area contributed by atoms with Crippen molar-refractivity contribution >= 4 is 28.7 Å². The molecule has 4 heterocycles. The first-order chi connectivity index (χ1) is 17.4. The van der Waals surface area contributed by atoms with Crippen molar-refractivity contribution in [2.24, 2.45) is 0 Å². The van der Waals surface area contributed by atoms with Crippen LogP contribution in [-0.2, 0) is 4.79 Å². The molecule has 1 aliphatic rings. The average molecular weight is 525 g/mol. The van der Waals surface area contributed by atoms with E-state index in [1.54, 1.807) is 0 Å². The first kappa shape index (κ1) is 26.1. The van der Waals surface area contributed by atoms with E-state index in [9.17, 15) is 41.4 Å². The molecule has 1 fully saturated rings. The summed E-state index contributed by atoms with van der Waals surface area (Å²) >= 11 is 0. The fraction of sp³-hybridized carbons (Fsp3) is 0.348. The minimum absolute atomic E-state index is 0.0227. The molecule has 3 aromatic heterocycles. The number of nitrogens with zero attached hydrogens (tertiary/aromatic N) is 4. The predicted molar refractivity (Wildman–Crippen MR) is 120 cm³/mol. The van der Waals surface area contributed by atoms with Crippen molar-refractivity contribution in [1.29, 1.82) is 0 Å². The molecular formula is C23H20F5N5O4. The van der Waals surface area contributed by atoms with Gasteiger partial charge in [0, 0.05) is 12.2 Å². The van der Waals surface area contributed by atoms with Crippen molar-refractivity contribution in [2.45, 2.75) is 44.5 Å². The normalized spacial score (nSPS) is 16.9. The molecule has 2 N–H and O–H groups in total. The van der Waals surface area contributed by atoms with Crippen molar-refractivity contribution in [3.05, 3.63) is 58.1 Å². The molecule has 9 nitrogen and oxygen atoms in total. The van der Waals surface area contributed by atoms with Crippen molar-refractivity contribution < 1.29 is 36.6 Å². The van der Waals surface area contributed by atoms with Gasteiger partial charge in [0.25, 0.3) is 5.91 Å². The van der Waals surface area contributed by atoms with Crippen LogP contribution in [0, 0.1) is 11.6 Å². The number of aliphatic hydroxyl groups excluding tert-OH is 1. The minimum Gasteiger partial charge on any atom is -0.391 e. The Morgan fingerprint density at radius 2 is 1.89 bits per heavy atom. The van der Waals surface area contributed by atoms with Gasteiger partial charge in [-0.1, -0.05) is 6.92 Å². The first-order valence-corrected chi connectivity index (χ1v) is 11.1. The molecule has 1 saturated heterocycles. The topological polar surface area (TPSA) is 117 Å². The number of hydrogen-bond donors (Lipinski definition) is 2. The Kier molecular flexibility index (Phi) is 6.95.